The van der Waals surface area contributed by atoms with Crippen molar-refractivity contribution in [2.75, 3.05) is 4.90 Å². The number of hydrogen-bond donors (Lipinski definition) is 0. The van der Waals surface area contributed by atoms with Crippen LogP contribution < -0.4 is 4.90 Å². The molecule has 140 valence electrons. The van der Waals surface area contributed by atoms with E-state index in [-0.39, 0.29) is 26.0 Å². The summed E-state index contributed by atoms with van der Waals surface area (Å²) in [7, 11) is 1.77. The van der Waals surface area contributed by atoms with Crippen LogP contribution in [0.4, 0.5) is 19.2 Å². The molecule has 0 aliphatic rings. The third-order valence-corrected chi connectivity index (χ3v) is 6.34. The Balaban J connectivity index is 1.71. The Hall–Kier alpha value is -3.09. The summed E-state index contributed by atoms with van der Waals surface area (Å²) in [4.78, 5) is 17.1. The molecule has 0 saturated heterocycles. The molecule has 0 fully saturated rings. The first kappa shape index (κ1) is 18.3. The van der Waals surface area contributed by atoms with Crippen molar-refractivity contribution in [1.29, 1.82) is 0 Å². The standard InChI is InChI=1S/C20H14F2N4OSe/c1-25-18(10-16(24-25)13-6-2-3-7-14(13)21)19-11-23-20(28-19)26(12-27)17-9-5-4-8-15(17)22/h2-12H,1H3. The first-order valence-corrected chi connectivity index (χ1v) is 10.0. The number of aryl methyl sites for hydroxylation is 1. The fourth-order valence-corrected chi connectivity index (χ4v) is 4.82. The molecule has 4 aromatic rings. The summed E-state index contributed by atoms with van der Waals surface area (Å²) in [5.74, 6) is -0.842. The molecule has 4 rings (SSSR count). The van der Waals surface area contributed by atoms with E-state index in [4.69, 9.17) is 0 Å². The number of carbonyl (C=O) groups excluding carboxylic acids is 1. The van der Waals surface area contributed by atoms with Crippen LogP contribution in [0.15, 0.2) is 60.8 Å². The van der Waals surface area contributed by atoms with Crippen LogP contribution >= 0.6 is 0 Å². The van der Waals surface area contributed by atoms with Gasteiger partial charge in [-0.3, -0.25) is 0 Å². The van der Waals surface area contributed by atoms with E-state index < -0.39 is 5.82 Å². The van der Waals surface area contributed by atoms with Crippen molar-refractivity contribution in [1.82, 2.24) is 14.8 Å². The summed E-state index contributed by atoms with van der Waals surface area (Å²) >= 11 is -0.344. The Morgan fingerprint density at radius 1 is 1.07 bits per heavy atom. The second-order valence-corrected chi connectivity index (χ2v) is 8.07. The van der Waals surface area contributed by atoms with E-state index in [1.54, 1.807) is 54.3 Å². The molecular weight excluding hydrogens is 429 g/mol. The van der Waals surface area contributed by atoms with Gasteiger partial charge in [0.15, 0.2) is 0 Å². The van der Waals surface area contributed by atoms with Crippen molar-refractivity contribution in [3.05, 3.63) is 72.4 Å². The molecule has 5 nitrogen and oxygen atoms in total. The van der Waals surface area contributed by atoms with E-state index in [0.717, 1.165) is 10.1 Å². The van der Waals surface area contributed by atoms with Crippen LogP contribution in [0.2, 0.25) is 0 Å². The zero-order valence-corrected chi connectivity index (χ0v) is 16.4. The van der Waals surface area contributed by atoms with Crippen molar-refractivity contribution in [3.8, 4) is 21.4 Å². The number of rotatable bonds is 5. The number of hydrogen-bond acceptors (Lipinski definition) is 3. The molecule has 0 bridgehead atoms. The average molecular weight is 443 g/mol. The maximum absolute atomic E-state index is 14.1. The monoisotopic (exact) mass is 444 g/mol. The molecule has 0 unspecified atom stereocenters. The van der Waals surface area contributed by atoms with Gasteiger partial charge in [-0.1, -0.05) is 0 Å². The Bertz CT molecular complexity index is 1150. The van der Waals surface area contributed by atoms with E-state index in [2.05, 4.69) is 10.1 Å². The zero-order chi connectivity index (χ0) is 19.7. The number of anilines is 2. The van der Waals surface area contributed by atoms with Crippen LogP contribution in [-0.2, 0) is 11.8 Å². The van der Waals surface area contributed by atoms with Crippen LogP contribution in [0.5, 0.6) is 0 Å². The Morgan fingerprint density at radius 2 is 1.79 bits per heavy atom. The van der Waals surface area contributed by atoms with E-state index in [0.29, 0.717) is 22.4 Å². The summed E-state index contributed by atoms with van der Waals surface area (Å²) in [5, 5.41) is 4.40. The van der Waals surface area contributed by atoms with Gasteiger partial charge in [0, 0.05) is 0 Å². The van der Waals surface area contributed by atoms with Gasteiger partial charge in [-0.05, 0) is 0 Å². The predicted molar refractivity (Wildman–Crippen MR) is 103 cm³/mol. The fourth-order valence-electron chi connectivity index (χ4n) is 2.85. The molecule has 0 aliphatic heterocycles. The molecule has 8 heteroatoms. The van der Waals surface area contributed by atoms with Gasteiger partial charge in [-0.15, -0.1) is 0 Å². The molecule has 1 amide bonds. The number of nitrogens with zero attached hydrogens (tertiary/aromatic N) is 4. The normalized spacial score (nSPS) is 10.8. The topological polar surface area (TPSA) is 51.0 Å². The third-order valence-electron chi connectivity index (χ3n) is 4.20. The van der Waals surface area contributed by atoms with Crippen molar-refractivity contribution in [2.45, 2.75) is 0 Å². The average Bonchev–Trinajstić information content (AvgIpc) is 3.31. The van der Waals surface area contributed by atoms with Gasteiger partial charge in [0.25, 0.3) is 0 Å². The van der Waals surface area contributed by atoms with E-state index in [1.807, 2.05) is 0 Å². The fraction of sp³-hybridized carbons (Fsp3) is 0.0500. The van der Waals surface area contributed by atoms with E-state index in [9.17, 15) is 13.6 Å². The SMILES string of the molecule is Cn1nc(-c2ccccc2F)cc1-c1cnc(N(C=O)c2ccccc2F)[se]1. The van der Waals surface area contributed by atoms with Crippen LogP contribution in [0.1, 0.15) is 0 Å². The Kier molecular flexibility index (Phi) is 4.90. The second kappa shape index (κ2) is 7.50. The quantitative estimate of drug-likeness (QED) is 0.349. The van der Waals surface area contributed by atoms with Gasteiger partial charge in [-0.25, -0.2) is 0 Å². The Labute approximate surface area is 165 Å². The maximum atomic E-state index is 14.1. The van der Waals surface area contributed by atoms with Gasteiger partial charge < -0.3 is 0 Å². The number of aromatic nitrogens is 3. The molecule has 0 radical (unpaired) electrons. The molecule has 0 N–H and O–H groups in total. The van der Waals surface area contributed by atoms with Crippen LogP contribution in [0.3, 0.4) is 0 Å². The van der Waals surface area contributed by atoms with Gasteiger partial charge in [0.2, 0.25) is 0 Å². The first-order valence-electron chi connectivity index (χ1n) is 8.32. The summed E-state index contributed by atoms with van der Waals surface area (Å²) in [6, 6.07) is 14.3. The number of carbonyl (C=O) groups is 1. The van der Waals surface area contributed by atoms with Gasteiger partial charge in [-0.2, -0.15) is 0 Å². The van der Waals surface area contributed by atoms with Crippen LogP contribution in [0.25, 0.3) is 21.4 Å². The summed E-state index contributed by atoms with van der Waals surface area (Å²) in [5.41, 5.74) is 1.86. The molecule has 0 aliphatic carbocycles. The summed E-state index contributed by atoms with van der Waals surface area (Å²) < 4.78 is 31.1. The van der Waals surface area contributed by atoms with E-state index in [1.165, 1.54) is 23.1 Å². The molecule has 0 spiro atoms. The Morgan fingerprint density at radius 3 is 2.50 bits per heavy atom. The summed E-state index contributed by atoms with van der Waals surface area (Å²) in [6.07, 6.45) is 2.21. The number of halogens is 2. The molecule has 2 aromatic carbocycles. The van der Waals surface area contributed by atoms with Crippen LogP contribution in [-0.4, -0.2) is 35.7 Å². The van der Waals surface area contributed by atoms with E-state index >= 15 is 0 Å². The third kappa shape index (κ3) is 3.28. The van der Waals surface area contributed by atoms with Crippen molar-refractivity contribution in [3.63, 3.8) is 0 Å². The van der Waals surface area contributed by atoms with Crippen molar-refractivity contribution in [2.24, 2.45) is 7.05 Å². The minimum atomic E-state index is -0.496. The van der Waals surface area contributed by atoms with Crippen molar-refractivity contribution < 1.29 is 13.6 Å². The number of benzene rings is 2. The number of para-hydroxylation sites is 1. The molecule has 2 aromatic heterocycles. The van der Waals surface area contributed by atoms with Crippen molar-refractivity contribution >= 4 is 31.3 Å². The zero-order valence-electron chi connectivity index (χ0n) is 14.7. The molecule has 0 atom stereocenters. The second-order valence-electron chi connectivity index (χ2n) is 5.95. The van der Waals surface area contributed by atoms with Gasteiger partial charge >= 0.3 is 165 Å². The number of amides is 1. The molecule has 28 heavy (non-hydrogen) atoms. The first-order chi connectivity index (χ1) is 13.6. The molecule has 0 saturated carbocycles. The minimum absolute atomic E-state index is 0.157. The molecule has 2 heterocycles. The summed E-state index contributed by atoms with van der Waals surface area (Å²) in [6.45, 7) is 0. The van der Waals surface area contributed by atoms with Crippen LogP contribution in [0, 0.1) is 11.6 Å². The predicted octanol–water partition coefficient (Wildman–Crippen LogP) is 3.78. The van der Waals surface area contributed by atoms with Gasteiger partial charge in [0.05, 0.1) is 0 Å². The molecular formula is C20H14F2N4OSe. The van der Waals surface area contributed by atoms with Gasteiger partial charge in [0.1, 0.15) is 0 Å².